The molecule has 4 heteroatoms. The summed E-state index contributed by atoms with van der Waals surface area (Å²) in [6.07, 6.45) is 2.39. The molecule has 1 aromatic carbocycles. The third-order valence-corrected chi connectivity index (χ3v) is 3.96. The molecule has 1 atom stereocenters. The van der Waals surface area contributed by atoms with Crippen LogP contribution in [0.5, 0.6) is 0 Å². The number of aryl methyl sites for hydroxylation is 1. The quantitative estimate of drug-likeness (QED) is 0.621. The molecule has 22 heavy (non-hydrogen) atoms. The molecule has 0 amide bonds. The third kappa shape index (κ3) is 5.68. The van der Waals surface area contributed by atoms with Gasteiger partial charge in [0, 0.05) is 27.2 Å². The van der Waals surface area contributed by atoms with Gasteiger partial charge in [-0.15, -0.1) is 0 Å². The molecule has 0 fully saturated rings. The maximum Gasteiger partial charge on any atom is 0.193 e. The molecule has 0 aliphatic rings. The highest BCUT2D eigenvalue weighted by molar-refractivity contribution is 5.79. The molecule has 0 bridgehead atoms. The van der Waals surface area contributed by atoms with E-state index >= 15 is 0 Å². The molecule has 1 aromatic rings. The SMILES string of the molecule is CCCCN(C)C(=NC)NCC(c1ccc(C)cc1)N(C)C. The van der Waals surface area contributed by atoms with Crippen LogP contribution < -0.4 is 5.32 Å². The van der Waals surface area contributed by atoms with Crippen molar-refractivity contribution in [2.24, 2.45) is 4.99 Å². The van der Waals surface area contributed by atoms with Crippen LogP contribution in [0.2, 0.25) is 0 Å². The van der Waals surface area contributed by atoms with Crippen molar-refractivity contribution in [1.29, 1.82) is 0 Å². The van der Waals surface area contributed by atoms with Gasteiger partial charge < -0.3 is 15.1 Å². The summed E-state index contributed by atoms with van der Waals surface area (Å²) in [7, 11) is 8.19. The van der Waals surface area contributed by atoms with Crippen LogP contribution in [0, 0.1) is 6.92 Å². The fourth-order valence-corrected chi connectivity index (χ4v) is 2.46. The smallest absolute Gasteiger partial charge is 0.193 e. The van der Waals surface area contributed by atoms with Gasteiger partial charge in [0.25, 0.3) is 0 Å². The largest absolute Gasteiger partial charge is 0.354 e. The first-order valence-corrected chi connectivity index (χ1v) is 8.14. The zero-order valence-electron chi connectivity index (χ0n) is 15.1. The molecule has 0 aromatic heterocycles. The van der Waals surface area contributed by atoms with Crippen LogP contribution in [-0.2, 0) is 0 Å². The Morgan fingerprint density at radius 2 is 1.82 bits per heavy atom. The lowest BCUT2D eigenvalue weighted by molar-refractivity contribution is 0.295. The number of likely N-dealkylation sites (N-methyl/N-ethyl adjacent to an activating group) is 1. The first kappa shape index (κ1) is 18.5. The summed E-state index contributed by atoms with van der Waals surface area (Å²) in [5.74, 6) is 0.965. The van der Waals surface area contributed by atoms with Crippen LogP contribution in [0.25, 0.3) is 0 Å². The molecule has 0 radical (unpaired) electrons. The second-order valence-electron chi connectivity index (χ2n) is 6.09. The number of rotatable bonds is 7. The Morgan fingerprint density at radius 1 is 1.18 bits per heavy atom. The van der Waals surface area contributed by atoms with E-state index in [1.54, 1.807) is 0 Å². The average molecular weight is 304 g/mol. The highest BCUT2D eigenvalue weighted by Gasteiger charge is 2.15. The Hall–Kier alpha value is -1.55. The van der Waals surface area contributed by atoms with Gasteiger partial charge in [0.2, 0.25) is 0 Å². The van der Waals surface area contributed by atoms with Crippen LogP contribution in [0.15, 0.2) is 29.3 Å². The number of unbranched alkanes of at least 4 members (excludes halogenated alkanes) is 1. The van der Waals surface area contributed by atoms with Crippen molar-refractivity contribution in [2.45, 2.75) is 32.7 Å². The Balaban J connectivity index is 2.69. The van der Waals surface area contributed by atoms with Crippen molar-refractivity contribution in [1.82, 2.24) is 15.1 Å². The van der Waals surface area contributed by atoms with Crippen molar-refractivity contribution < 1.29 is 0 Å². The molecule has 0 spiro atoms. The lowest BCUT2D eigenvalue weighted by atomic mass is 10.0. The molecule has 1 unspecified atom stereocenters. The standard InChI is InChI=1S/C18H32N4/c1-7-8-13-22(6)18(19-3)20-14-17(21(4)5)16-11-9-15(2)10-12-16/h9-12,17H,7-8,13-14H2,1-6H3,(H,19,20). The summed E-state index contributed by atoms with van der Waals surface area (Å²) in [4.78, 5) is 8.84. The normalized spacial score (nSPS) is 13.3. The Bertz CT molecular complexity index is 451. The van der Waals surface area contributed by atoms with Crippen molar-refractivity contribution in [3.63, 3.8) is 0 Å². The molecule has 0 saturated carbocycles. The molecule has 124 valence electrons. The van der Waals surface area contributed by atoms with Gasteiger partial charge >= 0.3 is 0 Å². The fraction of sp³-hybridized carbons (Fsp3) is 0.611. The van der Waals surface area contributed by atoms with E-state index in [0.29, 0.717) is 6.04 Å². The van der Waals surface area contributed by atoms with Crippen LogP contribution in [0.1, 0.15) is 36.9 Å². The summed E-state index contributed by atoms with van der Waals surface area (Å²) in [5.41, 5.74) is 2.62. The van der Waals surface area contributed by atoms with Gasteiger partial charge in [0.05, 0.1) is 6.04 Å². The number of nitrogens with zero attached hydrogens (tertiary/aromatic N) is 3. The van der Waals surface area contributed by atoms with E-state index in [2.05, 4.69) is 79.4 Å². The van der Waals surface area contributed by atoms with Gasteiger partial charge in [-0.2, -0.15) is 0 Å². The van der Waals surface area contributed by atoms with Crippen molar-refractivity contribution in [3.05, 3.63) is 35.4 Å². The summed E-state index contributed by atoms with van der Waals surface area (Å²) in [6.45, 7) is 6.22. The van der Waals surface area contributed by atoms with E-state index < -0.39 is 0 Å². The van der Waals surface area contributed by atoms with E-state index in [1.165, 1.54) is 24.0 Å². The maximum absolute atomic E-state index is 4.39. The number of aliphatic imine (C=N–C) groups is 1. The zero-order chi connectivity index (χ0) is 16.5. The molecule has 1 N–H and O–H groups in total. The monoisotopic (exact) mass is 304 g/mol. The van der Waals surface area contributed by atoms with Crippen molar-refractivity contribution in [3.8, 4) is 0 Å². The van der Waals surface area contributed by atoms with Gasteiger partial charge in [0.1, 0.15) is 0 Å². The number of hydrogen-bond acceptors (Lipinski definition) is 2. The second kappa shape index (κ2) is 9.46. The first-order chi connectivity index (χ1) is 10.5. The van der Waals surface area contributed by atoms with Gasteiger partial charge in [-0.05, 0) is 33.0 Å². The van der Waals surface area contributed by atoms with Crippen molar-refractivity contribution >= 4 is 5.96 Å². The van der Waals surface area contributed by atoms with E-state index in [4.69, 9.17) is 0 Å². The summed E-state index contributed by atoms with van der Waals surface area (Å²) in [5, 5.41) is 3.51. The molecule has 0 saturated heterocycles. The van der Waals surface area contributed by atoms with Gasteiger partial charge in [-0.1, -0.05) is 43.2 Å². The number of benzene rings is 1. The number of guanidine groups is 1. The summed E-state index contributed by atoms with van der Waals surface area (Å²) < 4.78 is 0. The molecular weight excluding hydrogens is 272 g/mol. The van der Waals surface area contributed by atoms with E-state index in [-0.39, 0.29) is 0 Å². The minimum Gasteiger partial charge on any atom is -0.354 e. The summed E-state index contributed by atoms with van der Waals surface area (Å²) in [6, 6.07) is 9.11. The summed E-state index contributed by atoms with van der Waals surface area (Å²) >= 11 is 0. The minimum absolute atomic E-state index is 0.330. The molecule has 0 aliphatic heterocycles. The van der Waals surface area contributed by atoms with Gasteiger partial charge in [0.15, 0.2) is 5.96 Å². The molecule has 0 heterocycles. The minimum atomic E-state index is 0.330. The Labute approximate surface area is 136 Å². The zero-order valence-corrected chi connectivity index (χ0v) is 15.1. The Kier molecular flexibility index (Phi) is 7.96. The van der Waals surface area contributed by atoms with Crippen LogP contribution in [0.4, 0.5) is 0 Å². The highest BCUT2D eigenvalue weighted by atomic mass is 15.3. The number of hydrogen-bond donors (Lipinski definition) is 1. The maximum atomic E-state index is 4.39. The highest BCUT2D eigenvalue weighted by Crippen LogP contribution is 2.18. The average Bonchev–Trinajstić information content (AvgIpc) is 2.50. The van der Waals surface area contributed by atoms with Crippen LogP contribution in [-0.4, -0.2) is 57.0 Å². The lowest BCUT2D eigenvalue weighted by Gasteiger charge is -2.28. The topological polar surface area (TPSA) is 30.9 Å². The van der Waals surface area contributed by atoms with Gasteiger partial charge in [-0.25, -0.2) is 0 Å². The fourth-order valence-electron chi connectivity index (χ4n) is 2.46. The predicted molar refractivity (Wildman–Crippen MR) is 96.5 cm³/mol. The number of nitrogens with one attached hydrogen (secondary N) is 1. The lowest BCUT2D eigenvalue weighted by Crippen LogP contribution is -2.43. The van der Waals surface area contributed by atoms with E-state index in [0.717, 1.165) is 19.0 Å². The molecular formula is C18H32N4. The molecule has 4 nitrogen and oxygen atoms in total. The molecule has 0 aliphatic carbocycles. The Morgan fingerprint density at radius 3 is 2.32 bits per heavy atom. The second-order valence-corrected chi connectivity index (χ2v) is 6.09. The van der Waals surface area contributed by atoms with E-state index in [1.807, 2.05) is 7.05 Å². The van der Waals surface area contributed by atoms with Crippen LogP contribution in [0.3, 0.4) is 0 Å². The van der Waals surface area contributed by atoms with Crippen LogP contribution >= 0.6 is 0 Å². The van der Waals surface area contributed by atoms with E-state index in [9.17, 15) is 0 Å². The molecule has 1 rings (SSSR count). The predicted octanol–water partition coefficient (Wildman–Crippen LogP) is 2.91. The van der Waals surface area contributed by atoms with Crippen molar-refractivity contribution in [2.75, 3.05) is 41.3 Å². The third-order valence-electron chi connectivity index (χ3n) is 3.96. The van der Waals surface area contributed by atoms with Gasteiger partial charge in [-0.3, -0.25) is 4.99 Å². The first-order valence-electron chi connectivity index (χ1n) is 8.14.